The van der Waals surface area contributed by atoms with Crippen LogP contribution in [0.25, 0.3) is 0 Å². The predicted octanol–water partition coefficient (Wildman–Crippen LogP) is 1.10. The molecule has 0 spiro atoms. The molecule has 2 N–H and O–H groups in total. The lowest BCUT2D eigenvalue weighted by molar-refractivity contribution is -0.120. The van der Waals surface area contributed by atoms with Gasteiger partial charge in [-0.15, -0.1) is 0 Å². The second-order valence-electron chi connectivity index (χ2n) is 4.26. The van der Waals surface area contributed by atoms with Crippen molar-refractivity contribution < 1.29 is 4.79 Å². The van der Waals surface area contributed by atoms with Gasteiger partial charge in [0.2, 0.25) is 5.91 Å². The lowest BCUT2D eigenvalue weighted by Gasteiger charge is -2.11. The topological polar surface area (TPSA) is 41.1 Å². The Labute approximate surface area is 96.2 Å². The molecule has 1 aliphatic heterocycles. The number of hydrogen-bond donors (Lipinski definition) is 2. The number of hydrogen-bond acceptors (Lipinski definition) is 2. The van der Waals surface area contributed by atoms with Gasteiger partial charge in [0.05, 0.1) is 6.42 Å². The Morgan fingerprint density at radius 1 is 1.38 bits per heavy atom. The molecule has 1 saturated heterocycles. The Kier molecular flexibility index (Phi) is 3.94. The smallest absolute Gasteiger partial charge is 0.224 e. The van der Waals surface area contributed by atoms with Crippen molar-refractivity contribution in [3.05, 3.63) is 35.9 Å². The van der Waals surface area contributed by atoms with E-state index in [0.29, 0.717) is 12.5 Å². The maximum atomic E-state index is 11.6. The molecule has 1 amide bonds. The zero-order valence-corrected chi connectivity index (χ0v) is 9.41. The van der Waals surface area contributed by atoms with Gasteiger partial charge in [-0.05, 0) is 24.9 Å². The average Bonchev–Trinajstić information content (AvgIpc) is 2.81. The van der Waals surface area contributed by atoms with E-state index in [2.05, 4.69) is 10.6 Å². The normalized spacial score (nSPS) is 19.6. The molecule has 16 heavy (non-hydrogen) atoms. The first-order chi connectivity index (χ1) is 7.84. The van der Waals surface area contributed by atoms with Gasteiger partial charge in [-0.1, -0.05) is 30.3 Å². The van der Waals surface area contributed by atoms with Crippen molar-refractivity contribution in [1.29, 1.82) is 0 Å². The summed E-state index contributed by atoms with van der Waals surface area (Å²) in [6.45, 7) is 1.84. The first-order valence-electron chi connectivity index (χ1n) is 5.88. The van der Waals surface area contributed by atoms with E-state index in [1.54, 1.807) is 0 Å². The third-order valence-corrected chi connectivity index (χ3v) is 2.92. The van der Waals surface area contributed by atoms with Crippen molar-refractivity contribution in [2.24, 2.45) is 0 Å². The predicted molar refractivity (Wildman–Crippen MR) is 64.2 cm³/mol. The molecule has 0 unspecified atom stereocenters. The number of nitrogens with one attached hydrogen (secondary N) is 2. The Balaban J connectivity index is 1.72. The molecule has 0 bridgehead atoms. The molecular weight excluding hydrogens is 200 g/mol. The molecule has 1 fully saturated rings. The molecule has 0 aromatic heterocycles. The van der Waals surface area contributed by atoms with E-state index in [4.69, 9.17) is 0 Å². The van der Waals surface area contributed by atoms with Gasteiger partial charge in [-0.25, -0.2) is 0 Å². The van der Waals surface area contributed by atoms with Gasteiger partial charge < -0.3 is 10.6 Å². The quantitative estimate of drug-likeness (QED) is 0.794. The number of rotatable bonds is 4. The van der Waals surface area contributed by atoms with E-state index in [1.807, 2.05) is 30.3 Å². The van der Waals surface area contributed by atoms with E-state index >= 15 is 0 Å². The molecule has 0 saturated carbocycles. The molecule has 1 aromatic carbocycles. The van der Waals surface area contributed by atoms with Crippen LogP contribution in [0.15, 0.2) is 30.3 Å². The van der Waals surface area contributed by atoms with Crippen LogP contribution in [-0.2, 0) is 11.2 Å². The van der Waals surface area contributed by atoms with Crippen LogP contribution in [-0.4, -0.2) is 25.0 Å². The molecule has 1 aliphatic rings. The third-order valence-electron chi connectivity index (χ3n) is 2.92. The molecule has 3 heteroatoms. The zero-order valence-electron chi connectivity index (χ0n) is 9.41. The Morgan fingerprint density at radius 2 is 2.19 bits per heavy atom. The van der Waals surface area contributed by atoms with Crippen LogP contribution in [0.3, 0.4) is 0 Å². The summed E-state index contributed by atoms with van der Waals surface area (Å²) in [5, 5.41) is 6.33. The highest BCUT2D eigenvalue weighted by molar-refractivity contribution is 5.78. The average molecular weight is 218 g/mol. The first-order valence-corrected chi connectivity index (χ1v) is 5.88. The number of benzene rings is 1. The Morgan fingerprint density at radius 3 is 2.88 bits per heavy atom. The molecule has 3 nitrogen and oxygen atoms in total. The van der Waals surface area contributed by atoms with Gasteiger partial charge >= 0.3 is 0 Å². The molecule has 86 valence electrons. The monoisotopic (exact) mass is 218 g/mol. The van der Waals surface area contributed by atoms with E-state index in [9.17, 15) is 4.79 Å². The fourth-order valence-electron chi connectivity index (χ4n) is 2.01. The molecule has 2 rings (SSSR count). The van der Waals surface area contributed by atoms with Crippen LogP contribution in [0.1, 0.15) is 18.4 Å². The molecule has 0 radical (unpaired) electrons. The largest absolute Gasteiger partial charge is 0.354 e. The summed E-state index contributed by atoms with van der Waals surface area (Å²) in [6.07, 6.45) is 2.87. The third kappa shape index (κ3) is 3.35. The van der Waals surface area contributed by atoms with Crippen LogP contribution >= 0.6 is 0 Å². The Bertz CT molecular complexity index is 331. The van der Waals surface area contributed by atoms with Crippen LogP contribution in [0.5, 0.6) is 0 Å². The number of carbonyl (C=O) groups excluding carboxylic acids is 1. The summed E-state index contributed by atoms with van der Waals surface area (Å²) in [4.78, 5) is 11.6. The highest BCUT2D eigenvalue weighted by Gasteiger charge is 2.14. The minimum Gasteiger partial charge on any atom is -0.354 e. The van der Waals surface area contributed by atoms with Crippen LogP contribution in [0.4, 0.5) is 0 Å². The van der Waals surface area contributed by atoms with E-state index < -0.39 is 0 Å². The van der Waals surface area contributed by atoms with Crippen molar-refractivity contribution in [2.75, 3.05) is 13.1 Å². The van der Waals surface area contributed by atoms with Crippen molar-refractivity contribution in [3.8, 4) is 0 Å². The van der Waals surface area contributed by atoms with Gasteiger partial charge in [0.1, 0.15) is 0 Å². The minimum atomic E-state index is 0.111. The van der Waals surface area contributed by atoms with Gasteiger partial charge in [-0.3, -0.25) is 4.79 Å². The van der Waals surface area contributed by atoms with E-state index in [0.717, 1.165) is 18.7 Å². The fourth-order valence-corrected chi connectivity index (χ4v) is 2.01. The van der Waals surface area contributed by atoms with Gasteiger partial charge in [0.15, 0.2) is 0 Å². The van der Waals surface area contributed by atoms with E-state index in [1.165, 1.54) is 12.8 Å². The number of amides is 1. The molecule has 1 aromatic rings. The van der Waals surface area contributed by atoms with Crippen LogP contribution in [0.2, 0.25) is 0 Å². The molecule has 1 atom stereocenters. The SMILES string of the molecule is O=C(Cc1ccccc1)NC[C@@H]1CCCN1. The van der Waals surface area contributed by atoms with Crippen molar-refractivity contribution in [1.82, 2.24) is 10.6 Å². The van der Waals surface area contributed by atoms with Gasteiger partial charge in [-0.2, -0.15) is 0 Å². The molecule has 1 heterocycles. The van der Waals surface area contributed by atoms with E-state index in [-0.39, 0.29) is 5.91 Å². The first kappa shape index (κ1) is 11.1. The lowest BCUT2D eigenvalue weighted by atomic mass is 10.1. The van der Waals surface area contributed by atoms with Crippen LogP contribution < -0.4 is 10.6 Å². The zero-order chi connectivity index (χ0) is 11.2. The lowest BCUT2D eigenvalue weighted by Crippen LogP contribution is -2.37. The summed E-state index contributed by atoms with van der Waals surface area (Å²) < 4.78 is 0. The summed E-state index contributed by atoms with van der Waals surface area (Å²) in [5.41, 5.74) is 1.07. The Hall–Kier alpha value is -1.35. The molecular formula is C13H18N2O. The highest BCUT2D eigenvalue weighted by Crippen LogP contribution is 2.03. The summed E-state index contributed by atoms with van der Waals surface area (Å²) in [5.74, 6) is 0.111. The van der Waals surface area contributed by atoms with Gasteiger partial charge in [0.25, 0.3) is 0 Å². The fraction of sp³-hybridized carbons (Fsp3) is 0.462. The van der Waals surface area contributed by atoms with Gasteiger partial charge in [0, 0.05) is 12.6 Å². The second-order valence-corrected chi connectivity index (χ2v) is 4.26. The van der Waals surface area contributed by atoms with Crippen molar-refractivity contribution >= 4 is 5.91 Å². The number of carbonyl (C=O) groups is 1. The summed E-state index contributed by atoms with van der Waals surface area (Å²) in [7, 11) is 0. The maximum Gasteiger partial charge on any atom is 0.224 e. The summed E-state index contributed by atoms with van der Waals surface area (Å²) >= 11 is 0. The molecule has 0 aliphatic carbocycles. The second kappa shape index (κ2) is 5.66. The maximum absolute atomic E-state index is 11.6. The minimum absolute atomic E-state index is 0.111. The standard InChI is InChI=1S/C13H18N2O/c16-13(9-11-5-2-1-3-6-11)15-10-12-7-4-8-14-12/h1-3,5-6,12,14H,4,7-10H2,(H,15,16)/t12-/m0/s1. The van der Waals surface area contributed by atoms with Crippen molar-refractivity contribution in [2.45, 2.75) is 25.3 Å². The van der Waals surface area contributed by atoms with Crippen molar-refractivity contribution in [3.63, 3.8) is 0 Å². The highest BCUT2D eigenvalue weighted by atomic mass is 16.1. The summed E-state index contributed by atoms with van der Waals surface area (Å²) in [6, 6.07) is 10.3. The van der Waals surface area contributed by atoms with Crippen LogP contribution in [0, 0.1) is 0 Å².